The second kappa shape index (κ2) is 17.3. The van der Waals surface area contributed by atoms with E-state index in [4.69, 9.17) is 20.8 Å². The zero-order valence-electron chi connectivity index (χ0n) is 33.3. The summed E-state index contributed by atoms with van der Waals surface area (Å²) >= 11 is 6.26. The summed E-state index contributed by atoms with van der Waals surface area (Å²) in [6.45, 7) is 2.27. The molecule has 1 aromatic heterocycles. The molecule has 63 heavy (non-hydrogen) atoms. The summed E-state index contributed by atoms with van der Waals surface area (Å²) in [5.41, 5.74) is 3.74. The second-order valence-electron chi connectivity index (χ2n) is 14.1. The lowest BCUT2D eigenvalue weighted by molar-refractivity contribution is 0.101. The number of halogens is 1. The Morgan fingerprint density at radius 3 is 1.81 bits per heavy atom. The monoisotopic (exact) mass is 851 g/mol. The van der Waals surface area contributed by atoms with E-state index in [0.717, 1.165) is 0 Å². The third-order valence-corrected chi connectivity index (χ3v) is 10.4. The van der Waals surface area contributed by atoms with E-state index in [1.807, 2.05) is 49.4 Å². The molecule has 13 nitrogen and oxygen atoms in total. The van der Waals surface area contributed by atoms with Gasteiger partial charge in [0.15, 0.2) is 17.1 Å². The summed E-state index contributed by atoms with van der Waals surface area (Å²) in [6.07, 6.45) is 0. The van der Waals surface area contributed by atoms with Gasteiger partial charge in [-0.1, -0.05) is 84.4 Å². The van der Waals surface area contributed by atoms with Gasteiger partial charge >= 0.3 is 0 Å². The summed E-state index contributed by atoms with van der Waals surface area (Å²) in [7, 11) is 0. The van der Waals surface area contributed by atoms with E-state index in [1.54, 1.807) is 109 Å². The van der Waals surface area contributed by atoms with E-state index < -0.39 is 11.8 Å². The Balaban J connectivity index is 0.952. The summed E-state index contributed by atoms with van der Waals surface area (Å²) in [5.74, 6) is -0.898. The number of aromatic nitrogens is 1. The van der Waals surface area contributed by atoms with Crippen LogP contribution in [-0.4, -0.2) is 33.6 Å². The van der Waals surface area contributed by atoms with Gasteiger partial charge in [-0.3, -0.25) is 9.59 Å². The maximum Gasteiger partial charge on any atom is 0.259 e. The number of nitrogens with one attached hydrogen (secondary N) is 2. The molecule has 0 aliphatic heterocycles. The molecule has 2 amide bonds. The third-order valence-electron chi connectivity index (χ3n) is 10.1. The Morgan fingerprint density at radius 2 is 1.17 bits per heavy atom. The molecule has 9 rings (SSSR count). The van der Waals surface area contributed by atoms with Crippen LogP contribution in [0.2, 0.25) is 5.02 Å². The van der Waals surface area contributed by atoms with Crippen molar-refractivity contribution in [1.82, 2.24) is 4.98 Å². The topological polar surface area (TPSA) is 183 Å². The predicted octanol–water partition coefficient (Wildman–Crippen LogP) is 13.6. The maximum atomic E-state index is 13.5. The quantitative estimate of drug-likeness (QED) is 0.0933. The van der Waals surface area contributed by atoms with Crippen molar-refractivity contribution in [2.24, 2.45) is 20.5 Å². The first-order valence-corrected chi connectivity index (χ1v) is 20.0. The highest BCUT2D eigenvalue weighted by molar-refractivity contribution is 6.34. The highest BCUT2D eigenvalue weighted by Crippen LogP contribution is 2.42. The molecule has 0 unspecified atom stereocenters. The van der Waals surface area contributed by atoms with Crippen LogP contribution in [0.15, 0.2) is 177 Å². The number of aromatic hydroxyl groups is 2. The lowest BCUT2D eigenvalue weighted by atomic mass is 10.0. The van der Waals surface area contributed by atoms with Gasteiger partial charge in [0.25, 0.3) is 11.8 Å². The Hall–Kier alpha value is -8.42. The fourth-order valence-electron chi connectivity index (χ4n) is 6.96. The molecule has 0 saturated heterocycles. The molecular weight excluding hydrogens is 818 g/mol. The zero-order chi connectivity index (χ0) is 43.5. The minimum Gasteiger partial charge on any atom is -0.505 e. The fourth-order valence-corrected chi connectivity index (χ4v) is 7.14. The molecule has 0 radical (unpaired) electrons. The normalized spacial score (nSPS) is 11.5. The first kappa shape index (κ1) is 40.0. The van der Waals surface area contributed by atoms with Gasteiger partial charge in [-0.2, -0.15) is 10.2 Å². The molecule has 0 bridgehead atoms. The number of benzene rings is 8. The SMILES string of the molecule is CCOc1ccccc1NC(=O)c1cc2ccccc2c(N=Nc2ccc3nc(-c4ccc(N=Nc5c(O)c(C(=O)Nc6ccccc6Cl)cc6ccccc56)cc4)oc3c2)c1O. The van der Waals surface area contributed by atoms with Crippen molar-refractivity contribution in [1.29, 1.82) is 0 Å². The number of hydrogen-bond acceptors (Lipinski definition) is 11. The highest BCUT2D eigenvalue weighted by Gasteiger charge is 2.21. The van der Waals surface area contributed by atoms with Crippen LogP contribution in [-0.2, 0) is 0 Å². The molecule has 308 valence electrons. The summed E-state index contributed by atoms with van der Waals surface area (Å²) in [5, 5.41) is 48.9. The van der Waals surface area contributed by atoms with E-state index in [0.29, 0.717) is 84.2 Å². The number of rotatable bonds is 11. The van der Waals surface area contributed by atoms with E-state index in [1.165, 1.54) is 0 Å². The molecule has 9 aromatic rings. The number of para-hydroxylation sites is 3. The zero-order valence-corrected chi connectivity index (χ0v) is 34.0. The molecular formula is C49H34ClN7O6. The molecule has 0 fully saturated rings. The van der Waals surface area contributed by atoms with Gasteiger partial charge in [-0.05, 0) is 90.5 Å². The van der Waals surface area contributed by atoms with Crippen molar-refractivity contribution in [3.05, 3.63) is 168 Å². The van der Waals surface area contributed by atoms with Gasteiger partial charge in [-0.25, -0.2) is 4.98 Å². The summed E-state index contributed by atoms with van der Waals surface area (Å²) in [6, 6.07) is 43.8. The number of amides is 2. The number of phenolic OH excluding ortho intramolecular Hbond substituents is 2. The Kier molecular flexibility index (Phi) is 11.0. The lowest BCUT2D eigenvalue weighted by Crippen LogP contribution is -2.13. The number of azo groups is 2. The van der Waals surface area contributed by atoms with Gasteiger partial charge in [0.05, 0.1) is 45.5 Å². The summed E-state index contributed by atoms with van der Waals surface area (Å²) in [4.78, 5) is 31.5. The number of oxazole rings is 1. The Morgan fingerprint density at radius 1 is 0.635 bits per heavy atom. The van der Waals surface area contributed by atoms with Gasteiger partial charge in [0.2, 0.25) is 5.89 Å². The van der Waals surface area contributed by atoms with E-state index in [-0.39, 0.29) is 34.0 Å². The molecule has 0 aliphatic carbocycles. The Bertz CT molecular complexity index is 3290. The summed E-state index contributed by atoms with van der Waals surface area (Å²) < 4.78 is 11.8. The standard InChI is InChI=1S/C49H34ClN7O6/c1-2-62-41-18-10-9-17-39(41)52-48(61)36-26-30-12-4-6-14-34(30)44(46(36)59)57-55-32-23-24-40-42(27-32)63-49(53-40)28-19-21-31(22-20-28)54-56-43-33-13-5-3-11-29(33)25-35(45(43)58)47(60)51-38-16-8-7-15-37(38)50/h3-27,58-59H,2H2,1H3,(H,51,60)(H,52,61). The number of nitrogens with zero attached hydrogens (tertiary/aromatic N) is 5. The van der Waals surface area contributed by atoms with E-state index in [2.05, 4.69) is 36.1 Å². The van der Waals surface area contributed by atoms with Crippen LogP contribution in [0.5, 0.6) is 17.2 Å². The number of carbonyl (C=O) groups is 2. The van der Waals surface area contributed by atoms with Crippen molar-refractivity contribution in [2.45, 2.75) is 6.92 Å². The van der Waals surface area contributed by atoms with Crippen molar-refractivity contribution in [3.63, 3.8) is 0 Å². The maximum absolute atomic E-state index is 13.5. The highest BCUT2D eigenvalue weighted by atomic mass is 35.5. The van der Waals surface area contributed by atoms with Crippen LogP contribution >= 0.6 is 11.6 Å². The van der Waals surface area contributed by atoms with Crippen LogP contribution in [0.1, 0.15) is 27.6 Å². The molecule has 0 saturated carbocycles. The second-order valence-corrected chi connectivity index (χ2v) is 14.5. The first-order chi connectivity index (χ1) is 30.7. The minimum absolute atomic E-state index is 0.0138. The van der Waals surface area contributed by atoms with Gasteiger partial charge in [0, 0.05) is 22.4 Å². The van der Waals surface area contributed by atoms with Crippen molar-refractivity contribution in [2.75, 3.05) is 17.2 Å². The van der Waals surface area contributed by atoms with Gasteiger partial charge in [0.1, 0.15) is 22.6 Å². The van der Waals surface area contributed by atoms with Crippen molar-refractivity contribution >= 4 is 90.2 Å². The van der Waals surface area contributed by atoms with Crippen LogP contribution in [0.3, 0.4) is 0 Å². The van der Waals surface area contributed by atoms with E-state index >= 15 is 0 Å². The minimum atomic E-state index is -0.554. The molecule has 1 heterocycles. The smallest absolute Gasteiger partial charge is 0.259 e. The lowest BCUT2D eigenvalue weighted by Gasteiger charge is -2.13. The average molecular weight is 852 g/mol. The molecule has 0 atom stereocenters. The van der Waals surface area contributed by atoms with Crippen molar-refractivity contribution < 1.29 is 29.0 Å². The van der Waals surface area contributed by atoms with Crippen LogP contribution < -0.4 is 15.4 Å². The molecule has 4 N–H and O–H groups in total. The molecule has 0 aliphatic rings. The van der Waals surface area contributed by atoms with Gasteiger partial charge in [-0.15, -0.1) is 10.2 Å². The number of fused-ring (bicyclic) bond motifs is 3. The van der Waals surface area contributed by atoms with Crippen LogP contribution in [0.4, 0.5) is 34.1 Å². The largest absolute Gasteiger partial charge is 0.505 e. The third kappa shape index (κ3) is 8.23. The predicted molar refractivity (Wildman–Crippen MR) is 244 cm³/mol. The van der Waals surface area contributed by atoms with E-state index in [9.17, 15) is 19.8 Å². The number of hydrogen-bond donors (Lipinski definition) is 4. The molecule has 14 heteroatoms. The number of carbonyl (C=O) groups excluding carboxylic acids is 2. The van der Waals surface area contributed by atoms with Crippen LogP contribution in [0.25, 0.3) is 44.1 Å². The van der Waals surface area contributed by atoms with Crippen molar-refractivity contribution in [3.8, 4) is 28.7 Å². The average Bonchev–Trinajstić information content (AvgIpc) is 3.73. The first-order valence-electron chi connectivity index (χ1n) is 19.7. The number of ether oxygens (including phenoxy) is 1. The molecule has 0 spiro atoms. The van der Waals surface area contributed by atoms with Crippen LogP contribution in [0, 0.1) is 0 Å². The molecule has 8 aromatic carbocycles. The Labute approximate surface area is 364 Å². The van der Waals surface area contributed by atoms with Gasteiger partial charge < -0.3 is 30.0 Å². The number of phenols is 2. The number of anilines is 2. The fraction of sp³-hybridized carbons (Fsp3) is 0.0408.